The van der Waals surface area contributed by atoms with Crippen molar-refractivity contribution in [3.63, 3.8) is 0 Å². The van der Waals surface area contributed by atoms with Crippen LogP contribution in [-0.2, 0) is 6.42 Å². The number of aromatic carboxylic acids is 1. The molecular weight excluding hydrogens is 344 g/mol. The standard InChI is InChI=1S/C18H19ClO2.C3H4.C2H6/c1-2-3-16(12-13-4-10-17(19)11-5-13)14-6-8-15(9-7-14)18(20)21;1-3-2;1-2/h4-11,16H,2-3,12H2,1H3,(H,20,21);1H,2H3;1-2H3/t16-;;/m0../s1. The van der Waals surface area contributed by atoms with Crippen molar-refractivity contribution in [1.82, 2.24) is 0 Å². The second-order valence-corrected chi connectivity index (χ2v) is 5.97. The zero-order valence-electron chi connectivity index (χ0n) is 16.1. The second kappa shape index (κ2) is 14.0. The number of terminal acetylenes is 1. The van der Waals surface area contributed by atoms with Crippen molar-refractivity contribution >= 4 is 17.6 Å². The molecule has 0 aromatic heterocycles. The molecule has 3 heteroatoms. The molecule has 0 saturated carbocycles. The zero-order valence-corrected chi connectivity index (χ0v) is 16.9. The van der Waals surface area contributed by atoms with Crippen LogP contribution in [0.15, 0.2) is 48.5 Å². The summed E-state index contributed by atoms with van der Waals surface area (Å²) >= 11 is 5.92. The van der Waals surface area contributed by atoms with Gasteiger partial charge in [-0.1, -0.05) is 63.1 Å². The molecule has 0 heterocycles. The van der Waals surface area contributed by atoms with Crippen LogP contribution in [0.5, 0.6) is 0 Å². The van der Waals surface area contributed by atoms with Crippen LogP contribution >= 0.6 is 11.6 Å². The third-order valence-electron chi connectivity index (χ3n) is 3.66. The van der Waals surface area contributed by atoms with Crippen LogP contribution in [-0.4, -0.2) is 11.1 Å². The van der Waals surface area contributed by atoms with Gasteiger partial charge in [-0.2, -0.15) is 0 Å². The molecule has 0 amide bonds. The quantitative estimate of drug-likeness (QED) is 0.564. The minimum absolute atomic E-state index is 0.334. The van der Waals surface area contributed by atoms with Crippen molar-refractivity contribution in [3.8, 4) is 12.3 Å². The fraction of sp³-hybridized carbons (Fsp3) is 0.348. The average molecular weight is 373 g/mol. The molecule has 2 nitrogen and oxygen atoms in total. The Morgan fingerprint density at radius 1 is 1.12 bits per heavy atom. The van der Waals surface area contributed by atoms with E-state index in [9.17, 15) is 4.79 Å². The van der Waals surface area contributed by atoms with Gasteiger partial charge in [-0.15, -0.1) is 12.3 Å². The summed E-state index contributed by atoms with van der Waals surface area (Å²) in [7, 11) is 0. The first-order valence-corrected chi connectivity index (χ1v) is 9.34. The molecule has 0 aliphatic carbocycles. The van der Waals surface area contributed by atoms with Crippen LogP contribution in [0.4, 0.5) is 0 Å². The Morgan fingerprint density at radius 3 is 2.04 bits per heavy atom. The van der Waals surface area contributed by atoms with Crippen LogP contribution < -0.4 is 0 Å². The highest BCUT2D eigenvalue weighted by molar-refractivity contribution is 6.30. The van der Waals surface area contributed by atoms with Gasteiger partial charge in [0.2, 0.25) is 0 Å². The highest BCUT2D eigenvalue weighted by Gasteiger charge is 2.12. The van der Waals surface area contributed by atoms with Crippen LogP contribution in [0.2, 0.25) is 5.02 Å². The maximum Gasteiger partial charge on any atom is 0.335 e. The molecule has 0 bridgehead atoms. The molecule has 140 valence electrons. The fourth-order valence-electron chi connectivity index (χ4n) is 2.54. The summed E-state index contributed by atoms with van der Waals surface area (Å²) in [6.45, 7) is 7.82. The number of hydrogen-bond acceptors (Lipinski definition) is 1. The fourth-order valence-corrected chi connectivity index (χ4v) is 2.66. The van der Waals surface area contributed by atoms with Gasteiger partial charge in [0.25, 0.3) is 0 Å². The predicted octanol–water partition coefficient (Wildman–Crippen LogP) is 6.83. The summed E-state index contributed by atoms with van der Waals surface area (Å²) in [4.78, 5) is 10.9. The molecular formula is C23H29ClO2. The molecule has 1 N–H and O–H groups in total. The van der Waals surface area contributed by atoms with Crippen molar-refractivity contribution in [2.75, 3.05) is 0 Å². The minimum atomic E-state index is -0.883. The van der Waals surface area contributed by atoms with Crippen LogP contribution in [0.25, 0.3) is 0 Å². The Morgan fingerprint density at radius 2 is 1.62 bits per heavy atom. The van der Waals surface area contributed by atoms with Crippen LogP contribution in [0, 0.1) is 12.3 Å². The summed E-state index contributed by atoms with van der Waals surface area (Å²) in [6, 6.07) is 15.2. The number of carboxylic acids is 1. The normalized spacial score (nSPS) is 10.3. The van der Waals surface area contributed by atoms with Gasteiger partial charge in [0.1, 0.15) is 0 Å². The van der Waals surface area contributed by atoms with Gasteiger partial charge in [-0.25, -0.2) is 4.79 Å². The van der Waals surface area contributed by atoms with E-state index in [1.54, 1.807) is 19.1 Å². The third kappa shape index (κ3) is 8.74. The van der Waals surface area contributed by atoms with Crippen molar-refractivity contribution in [2.45, 2.75) is 52.9 Å². The molecule has 2 aromatic carbocycles. The second-order valence-electron chi connectivity index (χ2n) is 5.53. The smallest absolute Gasteiger partial charge is 0.335 e. The zero-order chi connectivity index (χ0) is 19.9. The number of benzene rings is 2. The van der Waals surface area contributed by atoms with E-state index in [0.717, 1.165) is 24.3 Å². The molecule has 0 fully saturated rings. The molecule has 0 spiro atoms. The highest BCUT2D eigenvalue weighted by atomic mass is 35.5. The number of rotatable bonds is 6. The molecule has 0 aliphatic heterocycles. The molecule has 0 radical (unpaired) electrons. The SMILES string of the molecule is C#CC.CC.CCC[C@@H](Cc1ccc(Cl)cc1)c1ccc(C(=O)O)cc1. The number of carbonyl (C=O) groups is 1. The van der Waals surface area contributed by atoms with Crippen molar-refractivity contribution < 1.29 is 9.90 Å². The third-order valence-corrected chi connectivity index (χ3v) is 3.91. The van der Waals surface area contributed by atoms with Gasteiger partial charge in [0.15, 0.2) is 0 Å². The van der Waals surface area contributed by atoms with E-state index < -0.39 is 5.97 Å². The number of hydrogen-bond donors (Lipinski definition) is 1. The van der Waals surface area contributed by atoms with Gasteiger partial charge < -0.3 is 5.11 Å². The van der Waals surface area contributed by atoms with E-state index in [1.807, 2.05) is 38.1 Å². The molecule has 0 saturated heterocycles. The monoisotopic (exact) mass is 372 g/mol. The molecule has 0 unspecified atom stereocenters. The first kappa shape index (κ1) is 23.8. The van der Waals surface area contributed by atoms with Crippen molar-refractivity contribution in [2.24, 2.45) is 0 Å². The number of carboxylic acid groups (broad SMARTS) is 1. The first-order valence-electron chi connectivity index (χ1n) is 8.96. The Hall–Kier alpha value is -2.24. The lowest BCUT2D eigenvalue weighted by atomic mass is 9.88. The van der Waals surface area contributed by atoms with Gasteiger partial charge in [0.05, 0.1) is 5.56 Å². The average Bonchev–Trinajstić information content (AvgIpc) is 2.65. The molecule has 26 heavy (non-hydrogen) atoms. The van der Waals surface area contributed by atoms with Crippen LogP contribution in [0.3, 0.4) is 0 Å². The molecule has 1 atom stereocenters. The van der Waals surface area contributed by atoms with E-state index >= 15 is 0 Å². The van der Waals surface area contributed by atoms with Crippen LogP contribution in [0.1, 0.15) is 67.9 Å². The lowest BCUT2D eigenvalue weighted by Crippen LogP contribution is -2.04. The maximum absolute atomic E-state index is 10.9. The maximum atomic E-state index is 10.9. The summed E-state index contributed by atoms with van der Waals surface area (Å²) in [6.07, 6.45) is 7.71. The van der Waals surface area contributed by atoms with E-state index in [1.165, 1.54) is 11.1 Å². The van der Waals surface area contributed by atoms with Gasteiger partial charge in [0, 0.05) is 5.02 Å². The molecule has 0 aliphatic rings. The summed E-state index contributed by atoms with van der Waals surface area (Å²) in [5.41, 5.74) is 2.78. The topological polar surface area (TPSA) is 37.3 Å². The molecule has 2 rings (SSSR count). The summed E-state index contributed by atoms with van der Waals surface area (Å²) < 4.78 is 0. The number of halogens is 1. The Balaban J connectivity index is 0.00000113. The first-order chi connectivity index (χ1) is 12.5. The summed E-state index contributed by atoms with van der Waals surface area (Å²) in [5.74, 6) is 1.77. The van der Waals surface area contributed by atoms with Crippen molar-refractivity contribution in [3.05, 3.63) is 70.2 Å². The Kier molecular flexibility index (Phi) is 12.8. The van der Waals surface area contributed by atoms with Gasteiger partial charge >= 0.3 is 5.97 Å². The van der Waals surface area contributed by atoms with Crippen molar-refractivity contribution in [1.29, 1.82) is 0 Å². The largest absolute Gasteiger partial charge is 0.478 e. The predicted molar refractivity (Wildman–Crippen MR) is 112 cm³/mol. The summed E-state index contributed by atoms with van der Waals surface area (Å²) in [5, 5.41) is 9.71. The van der Waals surface area contributed by atoms with E-state index in [0.29, 0.717) is 11.5 Å². The van der Waals surface area contributed by atoms with E-state index in [-0.39, 0.29) is 0 Å². The molecule has 2 aromatic rings. The minimum Gasteiger partial charge on any atom is -0.478 e. The van der Waals surface area contributed by atoms with E-state index in [4.69, 9.17) is 16.7 Å². The van der Waals surface area contributed by atoms with E-state index in [2.05, 4.69) is 31.4 Å². The Labute approximate surface area is 163 Å². The lowest BCUT2D eigenvalue weighted by Gasteiger charge is -2.17. The Bertz CT molecular complexity index is 667. The van der Waals surface area contributed by atoms with Gasteiger partial charge in [-0.3, -0.25) is 0 Å². The lowest BCUT2D eigenvalue weighted by molar-refractivity contribution is 0.0697. The van der Waals surface area contributed by atoms with Gasteiger partial charge in [-0.05, 0) is 61.1 Å². The highest BCUT2D eigenvalue weighted by Crippen LogP contribution is 2.26.